The van der Waals surface area contributed by atoms with Crippen LogP contribution in [0.4, 0.5) is 0 Å². The van der Waals surface area contributed by atoms with Crippen LogP contribution >= 0.6 is 12.6 Å². The van der Waals surface area contributed by atoms with Gasteiger partial charge in [0.05, 0.1) is 12.2 Å². The van der Waals surface area contributed by atoms with Gasteiger partial charge in [-0.05, 0) is 18.6 Å². The number of hydrogen-bond acceptors (Lipinski definition) is 5. The molecule has 0 aromatic heterocycles. The number of fused-ring (bicyclic) bond motifs is 1. The zero-order chi connectivity index (χ0) is 14.8. The van der Waals surface area contributed by atoms with Crippen molar-refractivity contribution < 1.29 is 9.53 Å². The van der Waals surface area contributed by atoms with Crippen LogP contribution in [0, 0.1) is 0 Å². The molecule has 1 aromatic rings. The Morgan fingerprint density at radius 2 is 1.90 bits per heavy atom. The highest BCUT2D eigenvalue weighted by atomic mass is 32.1. The first-order valence-corrected chi connectivity index (χ1v) is 6.94. The van der Waals surface area contributed by atoms with Gasteiger partial charge in [0.15, 0.2) is 22.6 Å². The van der Waals surface area contributed by atoms with Gasteiger partial charge in [-0.2, -0.15) is 4.99 Å². The number of benzene rings is 1. The van der Waals surface area contributed by atoms with Crippen molar-refractivity contribution in [1.29, 1.82) is 0 Å². The van der Waals surface area contributed by atoms with E-state index in [-0.39, 0.29) is 22.6 Å². The van der Waals surface area contributed by atoms with Gasteiger partial charge in [0.2, 0.25) is 0 Å². The second kappa shape index (κ2) is 5.61. The number of hydrogen-bond donors (Lipinski definition) is 1. The number of aliphatic imine (C=N–C) groups is 4. The van der Waals surface area contributed by atoms with Gasteiger partial charge < -0.3 is 4.74 Å². The summed E-state index contributed by atoms with van der Waals surface area (Å²) in [5.41, 5.74) is 0.796. The van der Waals surface area contributed by atoms with E-state index in [9.17, 15) is 4.79 Å². The van der Waals surface area contributed by atoms with E-state index in [0.29, 0.717) is 17.9 Å². The Hall–Kier alpha value is -2.28. The molecule has 1 amide bonds. The molecule has 7 heteroatoms. The molecular weight excluding hydrogens is 288 g/mol. The number of amides is 1. The maximum atomic E-state index is 12.0. The summed E-state index contributed by atoms with van der Waals surface area (Å²) >= 11 is 4.02. The molecule has 2 aliphatic rings. The van der Waals surface area contributed by atoms with E-state index < -0.39 is 5.91 Å². The molecule has 0 fully saturated rings. The van der Waals surface area contributed by atoms with Crippen LogP contribution in [0.25, 0.3) is 0 Å². The third-order valence-corrected chi connectivity index (χ3v) is 3.04. The summed E-state index contributed by atoms with van der Waals surface area (Å²) < 4.78 is 5.66. The number of carbonyl (C=O) groups excluding carboxylic acids is 1. The second-order valence-corrected chi connectivity index (χ2v) is 4.79. The van der Waals surface area contributed by atoms with Gasteiger partial charge in [-0.3, -0.25) is 4.79 Å². The highest BCUT2D eigenvalue weighted by Crippen LogP contribution is 2.22. The molecule has 21 heavy (non-hydrogen) atoms. The fraction of sp³-hybridized carbons (Fsp3) is 0.214. The van der Waals surface area contributed by atoms with Gasteiger partial charge in [-0.1, -0.05) is 19.1 Å². The minimum absolute atomic E-state index is 0.135. The largest absolute Gasteiger partial charge is 0.493 e. The summed E-state index contributed by atoms with van der Waals surface area (Å²) in [6.07, 6.45) is 0.887. The normalized spacial score (nSPS) is 16.8. The topological polar surface area (TPSA) is 75.7 Å². The predicted molar refractivity (Wildman–Crippen MR) is 85.1 cm³/mol. The van der Waals surface area contributed by atoms with E-state index in [0.717, 1.165) is 6.42 Å². The summed E-state index contributed by atoms with van der Waals surface area (Å²) in [5.74, 6) is 0.713. The van der Waals surface area contributed by atoms with Gasteiger partial charge in [0, 0.05) is 0 Å². The maximum absolute atomic E-state index is 12.0. The Morgan fingerprint density at radius 1 is 1.10 bits per heavy atom. The Balaban J connectivity index is 2.00. The fourth-order valence-corrected chi connectivity index (χ4v) is 2.12. The zero-order valence-electron chi connectivity index (χ0n) is 11.3. The molecule has 0 bridgehead atoms. The molecular formula is C14H12N4O2S. The first-order valence-electron chi connectivity index (χ1n) is 6.49. The van der Waals surface area contributed by atoms with Gasteiger partial charge >= 0.3 is 5.91 Å². The zero-order valence-corrected chi connectivity index (χ0v) is 12.2. The Labute approximate surface area is 126 Å². The number of rotatable bonds is 4. The second-order valence-electron chi connectivity index (χ2n) is 4.39. The molecule has 6 nitrogen and oxygen atoms in total. The van der Waals surface area contributed by atoms with Crippen molar-refractivity contribution in [1.82, 2.24) is 0 Å². The van der Waals surface area contributed by atoms with Gasteiger partial charge in [-0.25, -0.2) is 15.0 Å². The molecule has 2 aliphatic heterocycles. The summed E-state index contributed by atoms with van der Waals surface area (Å²) in [7, 11) is 0. The van der Waals surface area contributed by atoms with Crippen molar-refractivity contribution >= 4 is 41.1 Å². The lowest BCUT2D eigenvalue weighted by Crippen LogP contribution is -2.26. The standard InChI is InChI=1S/C14H12N4O2S/c1-2-7-20-9-6-4-3-5-8(9)11-16-12-10(13(19)17-11)15-14(21)18-12/h3-6H,2,7H2,1H3,(H,16,17,18,19,21). The summed E-state index contributed by atoms with van der Waals surface area (Å²) in [6, 6.07) is 7.33. The number of carbonyl (C=O) groups is 1. The van der Waals surface area contributed by atoms with Crippen molar-refractivity contribution in [2.45, 2.75) is 13.3 Å². The van der Waals surface area contributed by atoms with Crippen LogP contribution in [0.5, 0.6) is 5.75 Å². The average Bonchev–Trinajstić information content (AvgIpc) is 2.86. The van der Waals surface area contributed by atoms with Crippen molar-refractivity contribution in [2.75, 3.05) is 6.61 Å². The Morgan fingerprint density at radius 3 is 2.71 bits per heavy atom. The molecule has 0 saturated carbocycles. The third-order valence-electron chi connectivity index (χ3n) is 2.84. The SMILES string of the molecule is CCCOc1ccccc1C1=NC(=O)C2=NC(S)=NC2=N1. The first-order chi connectivity index (χ1) is 10.2. The summed E-state index contributed by atoms with van der Waals surface area (Å²) in [6.45, 7) is 2.61. The molecule has 0 saturated heterocycles. The number of nitrogens with zero attached hydrogens (tertiary/aromatic N) is 4. The minimum atomic E-state index is -0.465. The van der Waals surface area contributed by atoms with E-state index in [2.05, 4.69) is 32.6 Å². The van der Waals surface area contributed by atoms with Crippen LogP contribution in [-0.4, -0.2) is 35.1 Å². The minimum Gasteiger partial charge on any atom is -0.493 e. The molecule has 0 radical (unpaired) electrons. The fourth-order valence-electron chi connectivity index (χ4n) is 1.93. The first kappa shape index (κ1) is 13.7. The van der Waals surface area contributed by atoms with E-state index in [4.69, 9.17) is 4.74 Å². The van der Waals surface area contributed by atoms with Crippen molar-refractivity contribution in [3.63, 3.8) is 0 Å². The van der Waals surface area contributed by atoms with Crippen LogP contribution in [0.1, 0.15) is 18.9 Å². The van der Waals surface area contributed by atoms with Crippen LogP contribution in [-0.2, 0) is 4.79 Å². The molecule has 0 N–H and O–H groups in total. The molecule has 1 aromatic carbocycles. The Bertz CT molecular complexity index is 734. The lowest BCUT2D eigenvalue weighted by molar-refractivity contribution is -0.111. The van der Waals surface area contributed by atoms with E-state index in [1.807, 2.05) is 31.2 Å². The molecule has 106 valence electrons. The average molecular weight is 300 g/mol. The van der Waals surface area contributed by atoms with Crippen LogP contribution in [0.3, 0.4) is 0 Å². The van der Waals surface area contributed by atoms with Gasteiger partial charge in [0.25, 0.3) is 0 Å². The molecule has 0 atom stereocenters. The summed E-state index contributed by atoms with van der Waals surface area (Å²) in [4.78, 5) is 28.2. The number of para-hydroxylation sites is 1. The molecule has 0 aliphatic carbocycles. The monoisotopic (exact) mass is 300 g/mol. The molecule has 2 heterocycles. The molecule has 0 unspecified atom stereocenters. The van der Waals surface area contributed by atoms with Gasteiger partial charge in [-0.15, -0.1) is 12.6 Å². The lowest BCUT2D eigenvalue weighted by Gasteiger charge is -2.12. The highest BCUT2D eigenvalue weighted by molar-refractivity contribution is 7.97. The van der Waals surface area contributed by atoms with E-state index >= 15 is 0 Å². The van der Waals surface area contributed by atoms with Crippen molar-refractivity contribution in [3.05, 3.63) is 29.8 Å². The highest BCUT2D eigenvalue weighted by Gasteiger charge is 2.29. The number of amidine groups is 3. The van der Waals surface area contributed by atoms with E-state index in [1.54, 1.807) is 0 Å². The summed E-state index contributed by atoms with van der Waals surface area (Å²) in [5, 5.41) is 0.212. The Kier molecular flexibility index (Phi) is 3.66. The molecule has 0 spiro atoms. The van der Waals surface area contributed by atoms with Crippen molar-refractivity contribution in [2.24, 2.45) is 20.0 Å². The van der Waals surface area contributed by atoms with Crippen LogP contribution < -0.4 is 4.74 Å². The third kappa shape index (κ3) is 2.64. The smallest absolute Gasteiger partial charge is 0.301 e. The maximum Gasteiger partial charge on any atom is 0.301 e. The molecule has 3 rings (SSSR count). The number of ether oxygens (including phenoxy) is 1. The van der Waals surface area contributed by atoms with Gasteiger partial charge in [0.1, 0.15) is 5.75 Å². The van der Waals surface area contributed by atoms with Crippen LogP contribution in [0.15, 0.2) is 44.2 Å². The van der Waals surface area contributed by atoms with Crippen molar-refractivity contribution in [3.8, 4) is 5.75 Å². The number of thiol groups is 1. The quantitative estimate of drug-likeness (QED) is 0.862. The predicted octanol–water partition coefficient (Wildman–Crippen LogP) is 1.90. The van der Waals surface area contributed by atoms with Crippen LogP contribution in [0.2, 0.25) is 0 Å². The van der Waals surface area contributed by atoms with E-state index in [1.165, 1.54) is 0 Å². The lowest BCUT2D eigenvalue weighted by atomic mass is 10.1.